The molecule has 0 bridgehead atoms. The number of aromatic nitrogens is 2. The number of benzene rings is 1. The zero-order valence-electron chi connectivity index (χ0n) is 17.0. The lowest BCUT2D eigenvalue weighted by Gasteiger charge is -2.25. The van der Waals surface area contributed by atoms with E-state index in [0.717, 1.165) is 11.3 Å². The molecular weight excluding hydrogens is 403 g/mol. The van der Waals surface area contributed by atoms with Crippen molar-refractivity contribution in [3.8, 4) is 17.7 Å². The summed E-state index contributed by atoms with van der Waals surface area (Å²) in [6.07, 6.45) is 2.22. The quantitative estimate of drug-likeness (QED) is 0.760. The molecule has 1 unspecified atom stereocenters. The first-order chi connectivity index (χ1) is 15.0. The standard InChI is InChI=1S/C22H23FN4O4/c23-22(4-5-22)13-29-12-17-3-6-27-20(31-17)9-18(26-27)21(28)25-16-8-15-7-14(10-24)1-2-19(15)30-11-16/h1-2,7,9,16-17H,3-6,8,11-13H2,(H,25,28)/t16-,17?/m1/s1. The third-order valence-electron chi connectivity index (χ3n) is 5.81. The number of nitrogens with zero attached hydrogens (tertiary/aromatic N) is 3. The van der Waals surface area contributed by atoms with Crippen molar-refractivity contribution in [1.29, 1.82) is 5.26 Å². The molecule has 1 saturated carbocycles. The Labute approximate surface area is 178 Å². The number of hydrogen-bond acceptors (Lipinski definition) is 6. The second-order valence-electron chi connectivity index (χ2n) is 8.41. The summed E-state index contributed by atoms with van der Waals surface area (Å²) in [5.74, 6) is 0.944. The molecular formula is C22H23FN4O4. The fourth-order valence-electron chi connectivity index (χ4n) is 3.85. The molecule has 1 aromatic heterocycles. The molecule has 162 valence electrons. The fraction of sp³-hybridized carbons (Fsp3) is 0.500. The van der Waals surface area contributed by atoms with Gasteiger partial charge in [-0.15, -0.1) is 0 Å². The Kier molecular flexibility index (Phi) is 5.02. The third-order valence-corrected chi connectivity index (χ3v) is 5.81. The van der Waals surface area contributed by atoms with Crippen molar-refractivity contribution in [3.05, 3.63) is 41.1 Å². The number of fused-ring (bicyclic) bond motifs is 2. The van der Waals surface area contributed by atoms with Gasteiger partial charge in [0.05, 0.1) is 30.9 Å². The van der Waals surface area contributed by atoms with Crippen molar-refractivity contribution >= 4 is 5.91 Å². The van der Waals surface area contributed by atoms with Gasteiger partial charge < -0.3 is 19.5 Å². The highest BCUT2D eigenvalue weighted by atomic mass is 19.1. The van der Waals surface area contributed by atoms with Gasteiger partial charge in [-0.2, -0.15) is 10.4 Å². The number of nitrogens with one attached hydrogen (secondary N) is 1. The van der Waals surface area contributed by atoms with Crippen molar-refractivity contribution < 1.29 is 23.4 Å². The lowest BCUT2D eigenvalue weighted by Crippen LogP contribution is -2.42. The Balaban J connectivity index is 1.17. The lowest BCUT2D eigenvalue weighted by molar-refractivity contribution is 0.00133. The monoisotopic (exact) mass is 426 g/mol. The molecule has 1 N–H and O–H groups in total. The van der Waals surface area contributed by atoms with E-state index in [9.17, 15) is 9.18 Å². The number of alkyl halides is 1. The van der Waals surface area contributed by atoms with Crippen LogP contribution in [-0.4, -0.2) is 53.3 Å². The Morgan fingerprint density at radius 1 is 1.42 bits per heavy atom. The smallest absolute Gasteiger partial charge is 0.272 e. The Bertz CT molecular complexity index is 1040. The zero-order valence-corrected chi connectivity index (χ0v) is 17.0. The van der Waals surface area contributed by atoms with Gasteiger partial charge in [0.15, 0.2) is 5.69 Å². The minimum absolute atomic E-state index is 0.113. The number of amides is 1. The van der Waals surface area contributed by atoms with Gasteiger partial charge in [-0.1, -0.05) is 0 Å². The van der Waals surface area contributed by atoms with Crippen LogP contribution >= 0.6 is 0 Å². The number of nitriles is 1. The molecule has 9 heteroatoms. The molecule has 2 aliphatic heterocycles. The van der Waals surface area contributed by atoms with Crippen LogP contribution in [0.3, 0.4) is 0 Å². The maximum absolute atomic E-state index is 13.7. The Hall–Kier alpha value is -3.12. The van der Waals surface area contributed by atoms with E-state index in [1.807, 2.05) is 0 Å². The van der Waals surface area contributed by atoms with Crippen LogP contribution in [0.1, 0.15) is 40.9 Å². The van der Waals surface area contributed by atoms with Crippen molar-refractivity contribution in [3.63, 3.8) is 0 Å². The summed E-state index contributed by atoms with van der Waals surface area (Å²) in [7, 11) is 0. The molecule has 1 fully saturated rings. The average molecular weight is 426 g/mol. The topological polar surface area (TPSA) is 98.4 Å². The number of ether oxygens (including phenoxy) is 3. The molecule has 0 radical (unpaired) electrons. The highest BCUT2D eigenvalue weighted by molar-refractivity contribution is 5.92. The van der Waals surface area contributed by atoms with Gasteiger partial charge in [0.1, 0.15) is 24.1 Å². The molecule has 1 aliphatic carbocycles. The van der Waals surface area contributed by atoms with Gasteiger partial charge in [-0.05, 0) is 43.0 Å². The third kappa shape index (κ3) is 4.35. The van der Waals surface area contributed by atoms with E-state index in [1.165, 1.54) is 0 Å². The van der Waals surface area contributed by atoms with E-state index in [4.69, 9.17) is 19.5 Å². The number of hydrogen-bond donors (Lipinski definition) is 1. The summed E-state index contributed by atoms with van der Waals surface area (Å²) in [5, 5.41) is 16.4. The summed E-state index contributed by atoms with van der Waals surface area (Å²) in [6, 6.07) is 8.80. The summed E-state index contributed by atoms with van der Waals surface area (Å²) < 4.78 is 32.4. The molecule has 2 atom stereocenters. The van der Waals surface area contributed by atoms with E-state index >= 15 is 0 Å². The number of carbonyl (C=O) groups is 1. The van der Waals surface area contributed by atoms with Crippen LogP contribution in [-0.2, 0) is 17.7 Å². The van der Waals surface area contributed by atoms with Gasteiger partial charge in [-0.25, -0.2) is 9.07 Å². The van der Waals surface area contributed by atoms with E-state index in [-0.39, 0.29) is 30.4 Å². The summed E-state index contributed by atoms with van der Waals surface area (Å²) in [5.41, 5.74) is 0.591. The van der Waals surface area contributed by atoms with E-state index in [2.05, 4.69) is 16.5 Å². The minimum atomic E-state index is -1.14. The molecule has 0 saturated heterocycles. The van der Waals surface area contributed by atoms with Crippen LogP contribution < -0.4 is 14.8 Å². The second kappa shape index (κ2) is 7.85. The normalized spacial score (nSPS) is 22.8. The first-order valence-corrected chi connectivity index (χ1v) is 10.5. The van der Waals surface area contributed by atoms with Crippen molar-refractivity contribution in [2.75, 3.05) is 19.8 Å². The van der Waals surface area contributed by atoms with Crippen LogP contribution in [0.5, 0.6) is 11.6 Å². The van der Waals surface area contributed by atoms with Crippen LogP contribution in [0.2, 0.25) is 0 Å². The SMILES string of the molecule is N#Cc1ccc2c(c1)C[C@@H](NC(=O)c1cc3n(n1)CCC(COCC1(F)CC1)O3)CO2. The van der Waals surface area contributed by atoms with Crippen molar-refractivity contribution in [2.24, 2.45) is 0 Å². The van der Waals surface area contributed by atoms with E-state index < -0.39 is 5.67 Å². The molecule has 3 heterocycles. The molecule has 2 aromatic rings. The minimum Gasteiger partial charge on any atom is -0.491 e. The number of aryl methyl sites for hydroxylation is 1. The molecule has 5 rings (SSSR count). The maximum Gasteiger partial charge on any atom is 0.272 e. The molecule has 3 aliphatic rings. The predicted molar refractivity (Wildman–Crippen MR) is 107 cm³/mol. The highest BCUT2D eigenvalue weighted by Crippen LogP contribution is 2.39. The highest BCUT2D eigenvalue weighted by Gasteiger charge is 2.43. The van der Waals surface area contributed by atoms with E-state index in [1.54, 1.807) is 28.9 Å². The van der Waals surface area contributed by atoms with Crippen molar-refractivity contribution in [2.45, 2.75) is 50.0 Å². The lowest BCUT2D eigenvalue weighted by atomic mass is 10.0. The largest absolute Gasteiger partial charge is 0.491 e. The van der Waals surface area contributed by atoms with Gasteiger partial charge in [0.25, 0.3) is 5.91 Å². The molecule has 1 amide bonds. The predicted octanol–water partition coefficient (Wildman–Crippen LogP) is 2.16. The van der Waals surface area contributed by atoms with Gasteiger partial charge in [0, 0.05) is 19.0 Å². The Morgan fingerprint density at radius 2 is 2.29 bits per heavy atom. The van der Waals surface area contributed by atoms with Gasteiger partial charge in [0.2, 0.25) is 5.88 Å². The van der Waals surface area contributed by atoms with Gasteiger partial charge >= 0.3 is 0 Å². The van der Waals surface area contributed by atoms with Crippen LogP contribution in [0.4, 0.5) is 4.39 Å². The van der Waals surface area contributed by atoms with E-state index in [0.29, 0.717) is 56.9 Å². The summed E-state index contributed by atoms with van der Waals surface area (Å²) >= 11 is 0. The average Bonchev–Trinajstić information content (AvgIpc) is 3.35. The molecule has 8 nitrogen and oxygen atoms in total. The maximum atomic E-state index is 13.7. The van der Waals surface area contributed by atoms with Crippen LogP contribution in [0.15, 0.2) is 24.3 Å². The number of rotatable bonds is 6. The van der Waals surface area contributed by atoms with Crippen molar-refractivity contribution in [1.82, 2.24) is 15.1 Å². The number of halogens is 1. The first-order valence-electron chi connectivity index (χ1n) is 10.5. The Morgan fingerprint density at radius 3 is 3.10 bits per heavy atom. The number of carbonyl (C=O) groups excluding carboxylic acids is 1. The van der Waals surface area contributed by atoms with Gasteiger partial charge in [-0.3, -0.25) is 4.79 Å². The molecule has 31 heavy (non-hydrogen) atoms. The van der Waals surface area contributed by atoms with Crippen LogP contribution in [0.25, 0.3) is 0 Å². The fourth-order valence-corrected chi connectivity index (χ4v) is 3.85. The van der Waals surface area contributed by atoms with Crippen LogP contribution in [0, 0.1) is 11.3 Å². The summed E-state index contributed by atoms with van der Waals surface area (Å²) in [4.78, 5) is 12.7. The first kappa shape index (κ1) is 19.8. The molecule has 1 aromatic carbocycles. The molecule has 0 spiro atoms. The summed E-state index contributed by atoms with van der Waals surface area (Å²) in [6.45, 7) is 1.39. The second-order valence-corrected chi connectivity index (χ2v) is 8.41. The zero-order chi connectivity index (χ0) is 21.4.